The maximum atomic E-state index is 6.31. The fraction of sp³-hybridized carbons (Fsp3) is 0.529. The molecule has 2 N–H and O–H groups in total. The predicted molar refractivity (Wildman–Crippen MR) is 78.2 cm³/mol. The van der Waals surface area contributed by atoms with Gasteiger partial charge in [0.15, 0.2) is 0 Å². The SMILES string of the molecule is NC(CC1=CCCCC1)c1ccc(OC2CC2)cc1. The van der Waals surface area contributed by atoms with Gasteiger partial charge in [0.1, 0.15) is 5.75 Å². The summed E-state index contributed by atoms with van der Waals surface area (Å²) in [5, 5.41) is 0. The Hall–Kier alpha value is -1.28. The third-order valence-corrected chi connectivity index (χ3v) is 4.00. The molecule has 0 saturated heterocycles. The summed E-state index contributed by atoms with van der Waals surface area (Å²) in [5.41, 5.74) is 9.06. The first-order chi connectivity index (χ1) is 9.31. The summed E-state index contributed by atoms with van der Waals surface area (Å²) < 4.78 is 5.76. The molecule has 19 heavy (non-hydrogen) atoms. The van der Waals surface area contributed by atoms with Gasteiger partial charge in [0.25, 0.3) is 0 Å². The van der Waals surface area contributed by atoms with E-state index in [1.54, 1.807) is 0 Å². The molecule has 1 aromatic rings. The van der Waals surface area contributed by atoms with Crippen molar-refractivity contribution in [2.75, 3.05) is 0 Å². The van der Waals surface area contributed by atoms with Gasteiger partial charge in [-0.1, -0.05) is 23.8 Å². The summed E-state index contributed by atoms with van der Waals surface area (Å²) in [4.78, 5) is 0. The van der Waals surface area contributed by atoms with Crippen LogP contribution in [0.1, 0.15) is 56.6 Å². The molecule has 0 radical (unpaired) electrons. The van der Waals surface area contributed by atoms with E-state index in [0.29, 0.717) is 6.10 Å². The third kappa shape index (κ3) is 3.60. The monoisotopic (exact) mass is 257 g/mol. The van der Waals surface area contributed by atoms with E-state index >= 15 is 0 Å². The van der Waals surface area contributed by atoms with Crippen LogP contribution in [0.3, 0.4) is 0 Å². The summed E-state index contributed by atoms with van der Waals surface area (Å²) in [6.07, 6.45) is 11.4. The van der Waals surface area contributed by atoms with E-state index < -0.39 is 0 Å². The van der Waals surface area contributed by atoms with Gasteiger partial charge in [0.05, 0.1) is 6.10 Å². The van der Waals surface area contributed by atoms with Gasteiger partial charge in [-0.05, 0) is 62.6 Å². The minimum Gasteiger partial charge on any atom is -0.490 e. The van der Waals surface area contributed by atoms with Gasteiger partial charge in [0.2, 0.25) is 0 Å². The quantitative estimate of drug-likeness (QED) is 0.805. The Morgan fingerprint density at radius 3 is 2.58 bits per heavy atom. The second-order valence-corrected chi connectivity index (χ2v) is 5.81. The Labute approximate surface area is 115 Å². The van der Waals surface area contributed by atoms with Gasteiger partial charge < -0.3 is 10.5 Å². The van der Waals surface area contributed by atoms with Crippen LogP contribution in [-0.2, 0) is 0 Å². The van der Waals surface area contributed by atoms with E-state index in [2.05, 4.69) is 30.3 Å². The second-order valence-electron chi connectivity index (χ2n) is 5.81. The van der Waals surface area contributed by atoms with Crippen LogP contribution in [0.2, 0.25) is 0 Å². The highest BCUT2D eigenvalue weighted by Crippen LogP contribution is 2.29. The summed E-state index contributed by atoms with van der Waals surface area (Å²) in [6.45, 7) is 0. The van der Waals surface area contributed by atoms with Crippen molar-refractivity contribution in [3.63, 3.8) is 0 Å². The van der Waals surface area contributed by atoms with Crippen LogP contribution >= 0.6 is 0 Å². The molecular formula is C17H23NO. The Kier molecular flexibility index (Phi) is 3.88. The van der Waals surface area contributed by atoms with Crippen molar-refractivity contribution in [2.24, 2.45) is 5.73 Å². The first kappa shape index (κ1) is 12.7. The Morgan fingerprint density at radius 1 is 1.16 bits per heavy atom. The summed E-state index contributed by atoms with van der Waals surface area (Å²) in [6, 6.07) is 8.47. The van der Waals surface area contributed by atoms with Gasteiger partial charge >= 0.3 is 0 Å². The number of benzene rings is 1. The number of rotatable bonds is 5. The average Bonchev–Trinajstić information content (AvgIpc) is 3.25. The zero-order valence-electron chi connectivity index (χ0n) is 11.5. The standard InChI is InChI=1S/C17H23NO/c18-17(12-13-4-2-1-3-5-13)14-6-8-15(9-7-14)19-16-10-11-16/h4,6-9,16-17H,1-3,5,10-12,18H2. The van der Waals surface area contributed by atoms with Crippen molar-refractivity contribution in [2.45, 2.75) is 57.1 Å². The lowest BCUT2D eigenvalue weighted by Crippen LogP contribution is -2.12. The maximum Gasteiger partial charge on any atom is 0.119 e. The highest BCUT2D eigenvalue weighted by atomic mass is 16.5. The smallest absolute Gasteiger partial charge is 0.119 e. The lowest BCUT2D eigenvalue weighted by atomic mass is 9.92. The van der Waals surface area contributed by atoms with Gasteiger partial charge in [-0.25, -0.2) is 0 Å². The van der Waals surface area contributed by atoms with E-state index in [1.807, 2.05) is 0 Å². The number of hydrogen-bond acceptors (Lipinski definition) is 2. The average molecular weight is 257 g/mol. The van der Waals surface area contributed by atoms with Crippen LogP contribution < -0.4 is 10.5 Å². The Balaban J connectivity index is 1.58. The molecule has 0 spiro atoms. The summed E-state index contributed by atoms with van der Waals surface area (Å²) >= 11 is 0. The molecular weight excluding hydrogens is 234 g/mol. The van der Waals surface area contributed by atoms with Crippen LogP contribution in [0.25, 0.3) is 0 Å². The van der Waals surface area contributed by atoms with E-state index in [1.165, 1.54) is 49.7 Å². The van der Waals surface area contributed by atoms with Crippen LogP contribution in [-0.4, -0.2) is 6.10 Å². The molecule has 102 valence electrons. The molecule has 0 amide bonds. The summed E-state index contributed by atoms with van der Waals surface area (Å²) in [7, 11) is 0. The normalized spacial score (nSPS) is 20.8. The molecule has 0 heterocycles. The van der Waals surface area contributed by atoms with Crippen molar-refractivity contribution < 1.29 is 4.74 Å². The molecule has 1 fully saturated rings. The van der Waals surface area contributed by atoms with E-state index in [4.69, 9.17) is 10.5 Å². The van der Waals surface area contributed by atoms with Crippen LogP contribution in [0, 0.1) is 0 Å². The Morgan fingerprint density at radius 2 is 1.95 bits per heavy atom. The molecule has 3 rings (SSSR count). The lowest BCUT2D eigenvalue weighted by Gasteiger charge is -2.18. The van der Waals surface area contributed by atoms with Crippen molar-refractivity contribution in [3.05, 3.63) is 41.5 Å². The van der Waals surface area contributed by atoms with E-state index in [0.717, 1.165) is 12.2 Å². The molecule has 0 bridgehead atoms. The third-order valence-electron chi connectivity index (χ3n) is 4.00. The molecule has 2 aliphatic carbocycles. The zero-order chi connectivity index (χ0) is 13.1. The zero-order valence-corrected chi connectivity index (χ0v) is 11.5. The predicted octanol–water partition coefficient (Wildman–Crippen LogP) is 4.12. The van der Waals surface area contributed by atoms with Crippen molar-refractivity contribution in [3.8, 4) is 5.75 Å². The van der Waals surface area contributed by atoms with Gasteiger partial charge in [-0.3, -0.25) is 0 Å². The minimum atomic E-state index is 0.124. The Bertz CT molecular complexity index is 445. The van der Waals surface area contributed by atoms with Crippen LogP contribution in [0.5, 0.6) is 5.75 Å². The number of hydrogen-bond donors (Lipinski definition) is 1. The molecule has 2 aliphatic rings. The lowest BCUT2D eigenvalue weighted by molar-refractivity contribution is 0.303. The fourth-order valence-corrected chi connectivity index (χ4v) is 2.66. The molecule has 0 aromatic heterocycles. The molecule has 1 saturated carbocycles. The molecule has 1 atom stereocenters. The molecule has 1 unspecified atom stereocenters. The molecule has 2 heteroatoms. The largest absolute Gasteiger partial charge is 0.490 e. The highest BCUT2D eigenvalue weighted by Gasteiger charge is 2.23. The minimum absolute atomic E-state index is 0.124. The topological polar surface area (TPSA) is 35.2 Å². The maximum absolute atomic E-state index is 6.31. The number of nitrogens with two attached hydrogens (primary N) is 1. The molecule has 0 aliphatic heterocycles. The van der Waals surface area contributed by atoms with Crippen molar-refractivity contribution in [1.82, 2.24) is 0 Å². The van der Waals surface area contributed by atoms with E-state index in [-0.39, 0.29) is 6.04 Å². The first-order valence-electron chi connectivity index (χ1n) is 7.51. The van der Waals surface area contributed by atoms with Crippen LogP contribution in [0.15, 0.2) is 35.9 Å². The summed E-state index contributed by atoms with van der Waals surface area (Å²) in [5.74, 6) is 0.982. The van der Waals surface area contributed by atoms with Gasteiger partial charge in [-0.15, -0.1) is 0 Å². The first-order valence-corrected chi connectivity index (χ1v) is 7.51. The highest BCUT2D eigenvalue weighted by molar-refractivity contribution is 5.30. The van der Waals surface area contributed by atoms with Gasteiger partial charge in [-0.2, -0.15) is 0 Å². The van der Waals surface area contributed by atoms with Crippen molar-refractivity contribution in [1.29, 1.82) is 0 Å². The number of allylic oxidation sites excluding steroid dienone is 1. The van der Waals surface area contributed by atoms with E-state index in [9.17, 15) is 0 Å². The second kappa shape index (κ2) is 5.79. The van der Waals surface area contributed by atoms with Crippen LogP contribution in [0.4, 0.5) is 0 Å². The molecule has 2 nitrogen and oxygen atoms in total. The van der Waals surface area contributed by atoms with Gasteiger partial charge in [0, 0.05) is 6.04 Å². The fourth-order valence-electron chi connectivity index (χ4n) is 2.66. The number of ether oxygens (including phenoxy) is 1. The van der Waals surface area contributed by atoms with Crippen molar-refractivity contribution >= 4 is 0 Å². The molecule has 1 aromatic carbocycles.